The molecule has 0 bridgehead atoms. The lowest BCUT2D eigenvalue weighted by Gasteiger charge is -2.39. The maximum atomic E-state index is 14.3. The Kier molecular flexibility index (Phi) is 13.2. The highest BCUT2D eigenvalue weighted by Gasteiger charge is 2.70. The molecule has 50 heavy (non-hydrogen) atoms. The molecule has 0 aromatic rings. The van der Waals surface area contributed by atoms with Crippen molar-refractivity contribution in [3.05, 3.63) is 0 Å². The highest BCUT2D eigenvalue weighted by atomic mass is 32.2. The lowest BCUT2D eigenvalue weighted by molar-refractivity contribution is -0.148. The van der Waals surface area contributed by atoms with Crippen LogP contribution in [0.25, 0.3) is 0 Å². The molecule has 0 aromatic carbocycles. The van der Waals surface area contributed by atoms with Crippen molar-refractivity contribution in [2.75, 3.05) is 40.8 Å². The van der Waals surface area contributed by atoms with Crippen LogP contribution in [0.1, 0.15) is 75.2 Å². The third-order valence-electron chi connectivity index (χ3n) is 9.70. The number of fused-ring (bicyclic) bond motifs is 1. The van der Waals surface area contributed by atoms with Crippen molar-refractivity contribution < 1.29 is 45.6 Å². The van der Waals surface area contributed by atoms with Gasteiger partial charge in [0.15, 0.2) is 0 Å². The minimum atomic E-state index is -4.66. The van der Waals surface area contributed by atoms with Gasteiger partial charge in [-0.25, -0.2) is 4.79 Å². The number of nitrogens with zero attached hydrogens (tertiary/aromatic N) is 3. The Labute approximate surface area is 294 Å². The molecule has 18 heteroatoms. The van der Waals surface area contributed by atoms with E-state index in [1.165, 1.54) is 33.0 Å². The molecule has 288 valence electrons. The van der Waals surface area contributed by atoms with Gasteiger partial charge in [-0.2, -0.15) is 30.2 Å². The number of alkyl halides is 3. The summed E-state index contributed by atoms with van der Waals surface area (Å²) in [6.45, 7) is 16.0. The van der Waals surface area contributed by atoms with Crippen molar-refractivity contribution in [1.29, 1.82) is 0 Å². The molecule has 6 atom stereocenters. The number of piperidine rings is 1. The van der Waals surface area contributed by atoms with Crippen LogP contribution < -0.4 is 21.3 Å². The number of halogens is 3. The van der Waals surface area contributed by atoms with Gasteiger partial charge in [-0.3, -0.25) is 19.2 Å². The van der Waals surface area contributed by atoms with E-state index in [1.54, 1.807) is 20.8 Å². The molecule has 1 aliphatic carbocycles. The monoisotopic (exact) mass is 739 g/mol. The second-order valence-electron chi connectivity index (χ2n) is 16.2. The molecule has 0 aromatic heterocycles. The third-order valence-corrected chi connectivity index (χ3v) is 11.6. The van der Waals surface area contributed by atoms with Crippen molar-refractivity contribution in [3.8, 4) is 0 Å². The Morgan fingerprint density at radius 3 is 1.94 bits per heavy atom. The summed E-state index contributed by atoms with van der Waals surface area (Å²) in [6.07, 6.45) is -6.95. The molecule has 4 N–H and O–H groups in total. The number of carbonyl (C=O) groups excluding carboxylic acids is 5. The molecule has 1 unspecified atom stereocenters. The van der Waals surface area contributed by atoms with E-state index in [9.17, 15) is 45.6 Å². The number of urea groups is 1. The first-order valence-corrected chi connectivity index (χ1v) is 18.1. The Balaban J connectivity index is 2.38. The fourth-order valence-electron chi connectivity index (χ4n) is 6.36. The smallest absolute Gasteiger partial charge is 0.350 e. The van der Waals surface area contributed by atoms with Gasteiger partial charge in [-0.1, -0.05) is 55.4 Å². The third kappa shape index (κ3) is 10.3. The van der Waals surface area contributed by atoms with Crippen LogP contribution in [0.4, 0.5) is 18.0 Å². The normalized spacial score (nSPS) is 22.3. The summed E-state index contributed by atoms with van der Waals surface area (Å²) in [4.78, 5) is 68.1. The second kappa shape index (κ2) is 15.3. The van der Waals surface area contributed by atoms with E-state index in [-0.39, 0.29) is 31.5 Å². The first-order chi connectivity index (χ1) is 22.5. The number of hydrogen-bond donors (Lipinski definition) is 4. The van der Waals surface area contributed by atoms with E-state index in [0.29, 0.717) is 0 Å². The molecule has 0 radical (unpaired) electrons. The number of likely N-dealkylation sites (N-methyl/N-ethyl adjacent to an activating group) is 2. The summed E-state index contributed by atoms with van der Waals surface area (Å²) < 4.78 is 67.0. The van der Waals surface area contributed by atoms with Crippen molar-refractivity contribution in [2.45, 2.75) is 105 Å². The fourth-order valence-corrected chi connectivity index (χ4v) is 7.26. The van der Waals surface area contributed by atoms with Crippen LogP contribution in [0.3, 0.4) is 0 Å². The van der Waals surface area contributed by atoms with Crippen LogP contribution in [0.2, 0.25) is 0 Å². The van der Waals surface area contributed by atoms with Gasteiger partial charge in [0.25, 0.3) is 16.1 Å². The number of nitrogens with one attached hydrogen (secondary N) is 4. The van der Waals surface area contributed by atoms with E-state index >= 15 is 0 Å². The van der Waals surface area contributed by atoms with E-state index < -0.39 is 99.2 Å². The minimum absolute atomic E-state index is 0.0461. The van der Waals surface area contributed by atoms with Gasteiger partial charge in [0.05, 0.1) is 6.04 Å². The Hall–Kier alpha value is -2.99. The molecular formula is C32H56F3N7O7S. The molecule has 2 aliphatic rings. The zero-order valence-electron chi connectivity index (χ0n) is 31.2. The van der Waals surface area contributed by atoms with Crippen molar-refractivity contribution in [2.24, 2.45) is 28.1 Å². The second-order valence-corrected chi connectivity index (χ2v) is 18.5. The van der Waals surface area contributed by atoms with Gasteiger partial charge >= 0.3 is 12.2 Å². The van der Waals surface area contributed by atoms with E-state index in [0.717, 1.165) is 8.61 Å². The maximum Gasteiger partial charge on any atom is 0.389 e. The van der Waals surface area contributed by atoms with Crippen LogP contribution in [0.15, 0.2) is 0 Å². The zero-order chi connectivity index (χ0) is 38.9. The number of Topliss-reactive ketones (excluding diaryl/α,β-unsaturated/α-hetero) is 1. The average Bonchev–Trinajstić information content (AvgIpc) is 3.26. The summed E-state index contributed by atoms with van der Waals surface area (Å²) in [7, 11) is 0.362. The van der Waals surface area contributed by atoms with E-state index in [1.807, 2.05) is 34.6 Å². The van der Waals surface area contributed by atoms with Gasteiger partial charge in [0.2, 0.25) is 17.6 Å². The van der Waals surface area contributed by atoms with Crippen LogP contribution in [-0.4, -0.2) is 123 Å². The molecular weight excluding hydrogens is 683 g/mol. The average molecular weight is 740 g/mol. The lowest BCUT2D eigenvalue weighted by Crippen LogP contribution is -2.63. The lowest BCUT2D eigenvalue weighted by atomic mass is 9.85. The van der Waals surface area contributed by atoms with Gasteiger partial charge in [-0.05, 0) is 41.4 Å². The summed E-state index contributed by atoms with van der Waals surface area (Å²) in [5.74, 6) is -4.36. The molecule has 1 heterocycles. The SMILES string of the molecule is CCNC(=O)C(=O)C(CCC(F)(F)F)NC(=O)[C@@H]1[C@@H]2[C@H](CN1C(=O)[C@@H](NC(=O)N[C@H](CN(C)S(=O)(=O)N(C)C)C(C)(C)C)C(C)(C)C)C2(C)C. The Morgan fingerprint density at radius 2 is 1.48 bits per heavy atom. The number of hydrogen-bond acceptors (Lipinski definition) is 7. The summed E-state index contributed by atoms with van der Waals surface area (Å²) in [6, 6.07) is -5.60. The molecule has 1 aliphatic heterocycles. The zero-order valence-corrected chi connectivity index (χ0v) is 32.1. The standard InChI is InChI=1S/C32H56F3N7O7S/c1-13-36-26(45)23(43)19(14-15-32(33,34)35)37-25(44)22-21-18(31(21,8)9)16-42(22)27(46)24(30(5,6)7)39-28(47)38-20(29(2,3)4)17-41(12)50(48,49)40(10)11/h18-22,24H,13-17H2,1-12H3,(H,36,45)(H,37,44)(H2,38,39,47)/t18-,19?,20+,21-,22-,24+/m0/s1. The largest absolute Gasteiger partial charge is 0.389 e. The predicted molar refractivity (Wildman–Crippen MR) is 181 cm³/mol. The van der Waals surface area contributed by atoms with Gasteiger partial charge in [-0.15, -0.1) is 0 Å². The summed E-state index contributed by atoms with van der Waals surface area (Å²) in [5, 5.41) is 10.1. The number of amides is 5. The number of rotatable bonds is 14. The maximum absolute atomic E-state index is 14.3. The minimum Gasteiger partial charge on any atom is -0.350 e. The molecule has 1 saturated carbocycles. The Morgan fingerprint density at radius 1 is 0.920 bits per heavy atom. The summed E-state index contributed by atoms with van der Waals surface area (Å²) >= 11 is 0. The van der Waals surface area contributed by atoms with Crippen molar-refractivity contribution in [1.82, 2.24) is 34.8 Å². The molecule has 1 saturated heterocycles. The number of likely N-dealkylation sites (tertiary alicyclic amines) is 1. The molecule has 5 amide bonds. The van der Waals surface area contributed by atoms with Crippen LogP contribution in [0, 0.1) is 28.1 Å². The highest BCUT2D eigenvalue weighted by Crippen LogP contribution is 2.65. The number of carbonyl (C=O) groups is 5. The molecule has 2 fully saturated rings. The van der Waals surface area contributed by atoms with Gasteiger partial charge in [0, 0.05) is 53.2 Å². The highest BCUT2D eigenvalue weighted by molar-refractivity contribution is 7.86. The molecule has 14 nitrogen and oxygen atoms in total. The van der Waals surface area contributed by atoms with Gasteiger partial charge < -0.3 is 26.2 Å². The molecule has 0 spiro atoms. The predicted octanol–water partition coefficient (Wildman–Crippen LogP) is 1.87. The molecule has 2 rings (SSSR count). The Bertz CT molecular complexity index is 1410. The van der Waals surface area contributed by atoms with E-state index in [2.05, 4.69) is 21.3 Å². The van der Waals surface area contributed by atoms with Crippen molar-refractivity contribution >= 4 is 39.7 Å². The number of ketones is 1. The van der Waals surface area contributed by atoms with E-state index in [4.69, 9.17) is 0 Å². The van der Waals surface area contributed by atoms with Crippen molar-refractivity contribution in [3.63, 3.8) is 0 Å². The van der Waals surface area contributed by atoms with Crippen LogP contribution in [0.5, 0.6) is 0 Å². The topological polar surface area (TPSA) is 177 Å². The van der Waals surface area contributed by atoms with Gasteiger partial charge in [0.1, 0.15) is 12.1 Å². The quantitative estimate of drug-likeness (QED) is 0.197. The summed E-state index contributed by atoms with van der Waals surface area (Å²) in [5.41, 5.74) is -1.91. The van der Waals surface area contributed by atoms with Crippen LogP contribution >= 0.6 is 0 Å². The first-order valence-electron chi connectivity index (χ1n) is 16.7. The fraction of sp³-hybridized carbons (Fsp3) is 0.844. The van der Waals surface area contributed by atoms with Crippen LogP contribution in [-0.2, 0) is 29.4 Å². The first kappa shape index (κ1) is 43.2.